The van der Waals surface area contributed by atoms with E-state index in [-0.39, 0.29) is 0 Å². The van der Waals surface area contributed by atoms with Gasteiger partial charge in [0.05, 0.1) is 10.2 Å². The summed E-state index contributed by atoms with van der Waals surface area (Å²) in [7, 11) is 0. The van der Waals surface area contributed by atoms with Crippen molar-refractivity contribution in [1.29, 1.82) is 0 Å². The van der Waals surface area contributed by atoms with E-state index in [9.17, 15) is 0 Å². The number of anilines is 3. The molecule has 0 amide bonds. The van der Waals surface area contributed by atoms with Crippen LogP contribution in [0.2, 0.25) is 0 Å². The van der Waals surface area contributed by atoms with Crippen LogP contribution >= 0.6 is 22.7 Å². The highest BCUT2D eigenvalue weighted by molar-refractivity contribution is 7.27. The Kier molecular flexibility index (Phi) is 8.24. The van der Waals surface area contributed by atoms with Crippen molar-refractivity contribution in [3.63, 3.8) is 0 Å². The van der Waals surface area contributed by atoms with Gasteiger partial charge >= 0.3 is 0 Å². The molecule has 2 aromatic heterocycles. The van der Waals surface area contributed by atoms with Gasteiger partial charge in [-0.1, -0.05) is 152 Å². The highest BCUT2D eigenvalue weighted by atomic mass is 32.1. The van der Waals surface area contributed by atoms with E-state index >= 15 is 0 Å². The van der Waals surface area contributed by atoms with Crippen molar-refractivity contribution in [3.8, 4) is 44.0 Å². The molecule has 268 valence electrons. The van der Waals surface area contributed by atoms with Crippen LogP contribution in [0.1, 0.15) is 0 Å². The SMILES string of the molecule is c1ccc(-c2ccc(N(c3ccc(-c4ccc5ccccc5c4)cc3)c3ccc(-c4c5nc(-c6ccccc6)sc5cc5sc6ccccc6c45)cc3)cc2)cc1. The smallest absolute Gasteiger partial charge is 0.124 e. The van der Waals surface area contributed by atoms with E-state index in [1.807, 2.05) is 11.3 Å². The number of thiophene rings is 1. The Hall–Kier alpha value is -6.85. The molecule has 0 aliphatic rings. The molecule has 0 atom stereocenters. The molecule has 9 aromatic carbocycles. The molecule has 0 aliphatic heterocycles. The molecule has 0 fully saturated rings. The van der Waals surface area contributed by atoms with Crippen LogP contribution in [0.3, 0.4) is 0 Å². The van der Waals surface area contributed by atoms with E-state index in [4.69, 9.17) is 4.98 Å². The average Bonchev–Trinajstić information content (AvgIpc) is 3.88. The van der Waals surface area contributed by atoms with Crippen molar-refractivity contribution < 1.29 is 0 Å². The number of benzene rings is 9. The minimum absolute atomic E-state index is 1.04. The average molecular weight is 763 g/mol. The van der Waals surface area contributed by atoms with Gasteiger partial charge < -0.3 is 4.90 Å². The van der Waals surface area contributed by atoms with Crippen LogP contribution in [0.25, 0.3) is 85.1 Å². The maximum atomic E-state index is 5.34. The number of thiazole rings is 1. The maximum absolute atomic E-state index is 5.34. The van der Waals surface area contributed by atoms with Crippen LogP contribution in [0.4, 0.5) is 17.1 Å². The monoisotopic (exact) mass is 762 g/mol. The first-order valence-corrected chi connectivity index (χ1v) is 20.8. The van der Waals surface area contributed by atoms with Crippen molar-refractivity contribution in [2.75, 3.05) is 4.90 Å². The van der Waals surface area contributed by atoms with E-state index in [2.05, 4.69) is 211 Å². The van der Waals surface area contributed by atoms with Crippen LogP contribution < -0.4 is 4.90 Å². The van der Waals surface area contributed by atoms with E-state index < -0.39 is 0 Å². The van der Waals surface area contributed by atoms with Crippen LogP contribution in [-0.4, -0.2) is 4.98 Å². The molecule has 0 radical (unpaired) electrons. The van der Waals surface area contributed by atoms with Gasteiger partial charge in [0, 0.05) is 48.4 Å². The van der Waals surface area contributed by atoms with E-state index in [0.717, 1.165) is 38.7 Å². The minimum atomic E-state index is 1.04. The third-order valence-corrected chi connectivity index (χ3v) is 13.1. The number of aromatic nitrogens is 1. The molecule has 2 nitrogen and oxygen atoms in total. The molecule has 4 heteroatoms. The van der Waals surface area contributed by atoms with Gasteiger partial charge in [-0.15, -0.1) is 22.7 Å². The van der Waals surface area contributed by atoms with Crippen LogP contribution in [0, 0.1) is 0 Å². The first kappa shape index (κ1) is 33.5. The lowest BCUT2D eigenvalue weighted by Gasteiger charge is -2.26. The third-order valence-electron chi connectivity index (χ3n) is 10.9. The third kappa shape index (κ3) is 6.07. The summed E-state index contributed by atoms with van der Waals surface area (Å²) in [5.41, 5.74) is 12.7. The highest BCUT2D eigenvalue weighted by Gasteiger charge is 2.20. The molecule has 0 aliphatic carbocycles. The molecular weight excluding hydrogens is 729 g/mol. The van der Waals surface area contributed by atoms with Crippen LogP contribution in [0.5, 0.6) is 0 Å². The van der Waals surface area contributed by atoms with Crippen molar-refractivity contribution in [3.05, 3.63) is 206 Å². The molecule has 0 unspecified atom stereocenters. The summed E-state index contributed by atoms with van der Waals surface area (Å²) >= 11 is 3.64. The first-order chi connectivity index (χ1) is 28.2. The summed E-state index contributed by atoms with van der Waals surface area (Å²) in [5, 5.41) is 6.10. The summed E-state index contributed by atoms with van der Waals surface area (Å²) in [4.78, 5) is 7.70. The molecule has 11 aromatic rings. The van der Waals surface area contributed by atoms with Crippen molar-refractivity contribution in [2.24, 2.45) is 0 Å². The molecule has 0 bridgehead atoms. The summed E-state index contributed by atoms with van der Waals surface area (Å²) in [6.45, 7) is 0. The van der Waals surface area contributed by atoms with Crippen LogP contribution in [-0.2, 0) is 0 Å². The second-order valence-corrected chi connectivity index (χ2v) is 16.5. The number of nitrogens with zero attached hydrogens (tertiary/aromatic N) is 2. The Labute approximate surface area is 339 Å². The van der Waals surface area contributed by atoms with Gasteiger partial charge in [-0.25, -0.2) is 4.98 Å². The van der Waals surface area contributed by atoms with E-state index in [0.29, 0.717) is 0 Å². The Morgan fingerprint density at radius 1 is 0.351 bits per heavy atom. The largest absolute Gasteiger partial charge is 0.311 e. The molecular formula is C53H34N2S2. The van der Waals surface area contributed by atoms with Gasteiger partial charge in [0.2, 0.25) is 0 Å². The predicted molar refractivity (Wildman–Crippen MR) is 246 cm³/mol. The van der Waals surface area contributed by atoms with Crippen molar-refractivity contribution in [2.45, 2.75) is 0 Å². The Bertz CT molecular complexity index is 3200. The standard InChI is InChI=1S/C53H34N2S2/c1-3-11-35(12-4-1)37-21-27-43(28-22-37)55(44-29-23-38(24-30-44)42-20-19-36-13-7-8-16-41(36)33-42)45-31-25-39(26-32-45)50-51-46-17-9-10-18-47(46)56-48(51)34-49-52(50)54-53(57-49)40-14-5-2-6-15-40/h1-34H. The van der Waals surface area contributed by atoms with Crippen molar-refractivity contribution >= 4 is 80.9 Å². The summed E-state index contributed by atoms with van der Waals surface area (Å²) < 4.78 is 3.79. The lowest BCUT2D eigenvalue weighted by molar-refractivity contribution is 1.28. The summed E-state index contributed by atoms with van der Waals surface area (Å²) in [5.74, 6) is 0. The lowest BCUT2D eigenvalue weighted by Crippen LogP contribution is -2.09. The Morgan fingerprint density at radius 3 is 1.56 bits per heavy atom. The zero-order chi connectivity index (χ0) is 37.7. The maximum Gasteiger partial charge on any atom is 0.124 e. The fourth-order valence-electron chi connectivity index (χ4n) is 8.09. The fraction of sp³-hybridized carbons (Fsp3) is 0. The topological polar surface area (TPSA) is 16.1 Å². The normalized spacial score (nSPS) is 11.5. The van der Waals surface area contributed by atoms with Crippen LogP contribution in [0.15, 0.2) is 206 Å². The number of hydrogen-bond donors (Lipinski definition) is 0. The quantitative estimate of drug-likeness (QED) is 0.161. The molecule has 0 saturated heterocycles. The minimum Gasteiger partial charge on any atom is -0.311 e. The molecule has 11 rings (SSSR count). The zero-order valence-electron chi connectivity index (χ0n) is 30.8. The molecule has 0 N–H and O–H groups in total. The van der Waals surface area contributed by atoms with E-state index in [1.54, 1.807) is 11.3 Å². The van der Waals surface area contributed by atoms with Gasteiger partial charge in [0.15, 0.2) is 0 Å². The zero-order valence-corrected chi connectivity index (χ0v) is 32.5. The molecule has 2 heterocycles. The highest BCUT2D eigenvalue weighted by Crippen LogP contribution is 2.47. The van der Waals surface area contributed by atoms with Gasteiger partial charge in [0.25, 0.3) is 0 Å². The second-order valence-electron chi connectivity index (χ2n) is 14.4. The van der Waals surface area contributed by atoms with Gasteiger partial charge in [0.1, 0.15) is 5.01 Å². The first-order valence-electron chi connectivity index (χ1n) is 19.2. The molecule has 57 heavy (non-hydrogen) atoms. The van der Waals surface area contributed by atoms with Gasteiger partial charge in [-0.3, -0.25) is 0 Å². The summed E-state index contributed by atoms with van der Waals surface area (Å²) in [6.07, 6.45) is 0. The number of fused-ring (bicyclic) bond motifs is 5. The second kappa shape index (κ2) is 14.0. The van der Waals surface area contributed by atoms with E-state index in [1.165, 1.54) is 63.5 Å². The Balaban J connectivity index is 1.04. The van der Waals surface area contributed by atoms with Crippen molar-refractivity contribution in [1.82, 2.24) is 4.98 Å². The molecule has 0 spiro atoms. The summed E-state index contributed by atoms with van der Waals surface area (Å²) in [6, 6.07) is 74.5. The Morgan fingerprint density at radius 2 is 0.877 bits per heavy atom. The fourth-order valence-corrected chi connectivity index (χ4v) is 10.3. The van der Waals surface area contributed by atoms with Gasteiger partial charge in [-0.2, -0.15) is 0 Å². The molecule has 0 saturated carbocycles. The van der Waals surface area contributed by atoms with Gasteiger partial charge in [-0.05, 0) is 93.2 Å². The predicted octanol–water partition coefficient (Wildman–Crippen LogP) is 16.0. The number of rotatable bonds is 7. The number of hydrogen-bond acceptors (Lipinski definition) is 4. The lowest BCUT2D eigenvalue weighted by atomic mass is 9.97.